The number of quaternary nitrogens is 1. The first-order valence-electron chi connectivity index (χ1n) is 22.7. The van der Waals surface area contributed by atoms with Crippen molar-refractivity contribution in [2.24, 2.45) is 0 Å². The number of aliphatic carboxylic acids is 1. The molecule has 54 heavy (non-hydrogen) atoms. The molecule has 0 radical (unpaired) electrons. The molecule has 0 aliphatic rings. The summed E-state index contributed by atoms with van der Waals surface area (Å²) in [7, 11) is 5.53. The maximum absolute atomic E-state index is 12.7. The quantitative estimate of drug-likeness (QED) is 0.0286. The smallest absolute Gasteiger partial charge is 0.362 e. The molecule has 1 N–H and O–H groups in total. The van der Waals surface area contributed by atoms with Gasteiger partial charge in [-0.05, 0) is 38.5 Å². The van der Waals surface area contributed by atoms with Crippen molar-refractivity contribution in [2.75, 3.05) is 41.0 Å². The highest BCUT2D eigenvalue weighted by atomic mass is 16.6. The third-order valence-electron chi connectivity index (χ3n) is 10.4. The average molecular weight is 767 g/mol. The third-order valence-corrected chi connectivity index (χ3v) is 10.4. The maximum atomic E-state index is 12.7. The molecule has 0 bridgehead atoms. The summed E-state index contributed by atoms with van der Waals surface area (Å²) in [5, 5.41) is 9.62. The van der Waals surface area contributed by atoms with Crippen LogP contribution in [0.15, 0.2) is 12.2 Å². The van der Waals surface area contributed by atoms with E-state index in [4.69, 9.17) is 14.2 Å². The van der Waals surface area contributed by atoms with Crippen LogP contribution in [0, 0.1) is 0 Å². The van der Waals surface area contributed by atoms with Gasteiger partial charge in [-0.25, -0.2) is 4.79 Å². The predicted octanol–water partition coefficient (Wildman–Crippen LogP) is 12.3. The predicted molar refractivity (Wildman–Crippen MR) is 225 cm³/mol. The molecule has 0 aliphatic carbocycles. The Kier molecular flexibility index (Phi) is 36.6. The van der Waals surface area contributed by atoms with E-state index < -0.39 is 18.1 Å². The summed E-state index contributed by atoms with van der Waals surface area (Å²) in [5.74, 6) is -1.46. The van der Waals surface area contributed by atoms with Crippen LogP contribution >= 0.6 is 0 Å². The molecule has 0 aromatic rings. The number of carboxylic acid groups (broad SMARTS) is 1. The van der Waals surface area contributed by atoms with Gasteiger partial charge in [0.15, 0.2) is 12.1 Å². The molecule has 0 aliphatic heterocycles. The summed E-state index contributed by atoms with van der Waals surface area (Å²) in [6.07, 6.45) is 39.6. The summed E-state index contributed by atoms with van der Waals surface area (Å²) < 4.78 is 17.3. The number of hydrogen-bond donors (Lipinski definition) is 1. The second kappa shape index (κ2) is 38.0. The molecular formula is C46H88NO7+. The molecule has 0 amide bonds. The fourth-order valence-electron chi connectivity index (χ4n) is 6.85. The summed E-state index contributed by atoms with van der Waals surface area (Å²) >= 11 is 0. The molecule has 8 heteroatoms. The number of likely N-dealkylation sites (N-methyl/N-ethyl adjacent to an activating group) is 1. The average Bonchev–Trinajstić information content (AvgIpc) is 3.12. The van der Waals surface area contributed by atoms with E-state index in [1.54, 1.807) is 0 Å². The number of ether oxygens (including phenoxy) is 3. The number of nitrogens with zero attached hydrogens (tertiary/aromatic N) is 1. The van der Waals surface area contributed by atoms with Gasteiger partial charge < -0.3 is 23.8 Å². The van der Waals surface area contributed by atoms with Gasteiger partial charge in [-0.1, -0.05) is 167 Å². The van der Waals surface area contributed by atoms with Crippen molar-refractivity contribution in [1.29, 1.82) is 0 Å². The van der Waals surface area contributed by atoms with E-state index in [-0.39, 0.29) is 36.2 Å². The number of carbonyl (C=O) groups excluding carboxylic acids is 2. The van der Waals surface area contributed by atoms with Crippen molar-refractivity contribution in [1.82, 2.24) is 0 Å². The minimum Gasteiger partial charge on any atom is -0.477 e. The summed E-state index contributed by atoms with van der Waals surface area (Å²) in [6, 6.07) is -0.610. The van der Waals surface area contributed by atoms with Crippen LogP contribution in [0.4, 0.5) is 0 Å². The lowest BCUT2D eigenvalue weighted by Gasteiger charge is -2.31. The molecular weight excluding hydrogens is 679 g/mol. The molecule has 0 saturated carbocycles. The molecule has 0 spiro atoms. The highest BCUT2D eigenvalue weighted by molar-refractivity contribution is 5.72. The van der Waals surface area contributed by atoms with Gasteiger partial charge in [0.05, 0.1) is 34.4 Å². The standard InChI is InChI=1S/C46H87NO7/c1-6-8-10-12-14-16-18-20-21-22-23-25-27-29-31-33-35-37-45(49)54-42(40-52-39-38-43(46(50)51)47(3,4)5)41-53-44(48)36-34-32-30-28-26-24-19-17-15-13-11-9-7-2/h20-21,42-43H,6-19,22-41H2,1-5H3/p+1/b21-20+. The summed E-state index contributed by atoms with van der Waals surface area (Å²) in [4.78, 5) is 37.0. The molecule has 8 nitrogen and oxygen atoms in total. The second-order valence-corrected chi connectivity index (χ2v) is 16.7. The molecule has 0 saturated heterocycles. The van der Waals surface area contributed by atoms with E-state index >= 15 is 0 Å². The van der Waals surface area contributed by atoms with Gasteiger partial charge in [0, 0.05) is 19.3 Å². The number of esters is 2. The highest BCUT2D eigenvalue weighted by Crippen LogP contribution is 2.15. The first-order valence-corrected chi connectivity index (χ1v) is 22.7. The van der Waals surface area contributed by atoms with Gasteiger partial charge in [0.2, 0.25) is 0 Å². The van der Waals surface area contributed by atoms with E-state index in [9.17, 15) is 19.5 Å². The Labute approximate surface area is 333 Å². The monoisotopic (exact) mass is 767 g/mol. The Hall–Kier alpha value is -1.93. The van der Waals surface area contributed by atoms with Gasteiger partial charge >= 0.3 is 17.9 Å². The third kappa shape index (κ3) is 35.8. The van der Waals surface area contributed by atoms with Crippen LogP contribution in [-0.2, 0) is 28.6 Å². The number of carbonyl (C=O) groups is 3. The zero-order chi connectivity index (χ0) is 40.0. The Morgan fingerprint density at radius 3 is 1.33 bits per heavy atom. The van der Waals surface area contributed by atoms with Gasteiger partial charge in [-0.3, -0.25) is 9.59 Å². The number of unbranched alkanes of at least 4 members (excludes halogenated alkanes) is 25. The number of allylic oxidation sites excluding steroid dienone is 2. The summed E-state index contributed by atoms with van der Waals surface area (Å²) in [6.45, 7) is 4.75. The van der Waals surface area contributed by atoms with E-state index in [2.05, 4.69) is 26.0 Å². The maximum Gasteiger partial charge on any atom is 0.362 e. The molecule has 0 aromatic heterocycles. The lowest BCUT2D eigenvalue weighted by molar-refractivity contribution is -0.887. The highest BCUT2D eigenvalue weighted by Gasteiger charge is 2.31. The largest absolute Gasteiger partial charge is 0.477 e. The van der Waals surface area contributed by atoms with E-state index in [1.807, 2.05) is 21.1 Å². The molecule has 2 unspecified atom stereocenters. The Bertz CT molecular complexity index is 900. The van der Waals surface area contributed by atoms with Gasteiger partial charge in [0.1, 0.15) is 6.61 Å². The Morgan fingerprint density at radius 2 is 0.926 bits per heavy atom. The normalized spacial score (nSPS) is 13.0. The van der Waals surface area contributed by atoms with E-state index in [0.717, 1.165) is 38.5 Å². The number of hydrogen-bond acceptors (Lipinski definition) is 6. The zero-order valence-electron chi connectivity index (χ0n) is 36.2. The lowest BCUT2D eigenvalue weighted by atomic mass is 10.0. The van der Waals surface area contributed by atoms with Crippen molar-refractivity contribution < 1.29 is 38.2 Å². The van der Waals surface area contributed by atoms with Crippen LogP contribution < -0.4 is 0 Å². The number of carboxylic acids is 1. The Balaban J connectivity index is 4.30. The minimum absolute atomic E-state index is 0.0467. The minimum atomic E-state index is -0.873. The first-order chi connectivity index (χ1) is 26.1. The van der Waals surface area contributed by atoms with Crippen LogP contribution in [0.3, 0.4) is 0 Å². The van der Waals surface area contributed by atoms with Crippen LogP contribution in [0.5, 0.6) is 0 Å². The Morgan fingerprint density at radius 1 is 0.537 bits per heavy atom. The molecule has 0 rings (SSSR count). The van der Waals surface area contributed by atoms with Crippen molar-refractivity contribution in [3.05, 3.63) is 12.2 Å². The summed E-state index contributed by atoms with van der Waals surface area (Å²) in [5.41, 5.74) is 0. The molecule has 0 heterocycles. The first kappa shape index (κ1) is 52.1. The van der Waals surface area contributed by atoms with E-state index in [0.29, 0.717) is 19.3 Å². The topological polar surface area (TPSA) is 99.1 Å². The molecule has 0 aromatic carbocycles. The van der Waals surface area contributed by atoms with Crippen molar-refractivity contribution in [3.8, 4) is 0 Å². The molecule has 318 valence electrons. The fourth-order valence-corrected chi connectivity index (χ4v) is 6.85. The fraction of sp³-hybridized carbons (Fsp3) is 0.891. The van der Waals surface area contributed by atoms with Crippen LogP contribution in [0.1, 0.15) is 213 Å². The lowest BCUT2D eigenvalue weighted by Crippen LogP contribution is -2.50. The van der Waals surface area contributed by atoms with Crippen LogP contribution in [0.25, 0.3) is 0 Å². The second-order valence-electron chi connectivity index (χ2n) is 16.7. The van der Waals surface area contributed by atoms with Crippen molar-refractivity contribution >= 4 is 17.9 Å². The van der Waals surface area contributed by atoms with E-state index in [1.165, 1.54) is 141 Å². The van der Waals surface area contributed by atoms with Gasteiger partial charge in [0.25, 0.3) is 0 Å². The molecule has 2 atom stereocenters. The zero-order valence-corrected chi connectivity index (χ0v) is 36.2. The van der Waals surface area contributed by atoms with Crippen LogP contribution in [0.2, 0.25) is 0 Å². The van der Waals surface area contributed by atoms with Gasteiger partial charge in [-0.15, -0.1) is 0 Å². The van der Waals surface area contributed by atoms with Crippen molar-refractivity contribution in [3.63, 3.8) is 0 Å². The van der Waals surface area contributed by atoms with Crippen LogP contribution in [-0.4, -0.2) is 80.6 Å². The molecule has 0 fully saturated rings. The SMILES string of the molecule is CCCCCCCC/C=C/CCCCCCCCCC(=O)OC(COCCC(C(=O)O)[N+](C)(C)C)COC(=O)CCCCCCCCCCCCCCC. The number of rotatable bonds is 41. The van der Waals surface area contributed by atoms with Crippen molar-refractivity contribution in [2.45, 2.75) is 225 Å². The van der Waals surface area contributed by atoms with Gasteiger partial charge in [-0.2, -0.15) is 0 Å².